The summed E-state index contributed by atoms with van der Waals surface area (Å²) < 4.78 is 4.32. The summed E-state index contributed by atoms with van der Waals surface area (Å²) in [5.74, 6) is 0.693. The zero-order valence-electron chi connectivity index (χ0n) is 7.48. The molecule has 48 valence electrons. The molecule has 0 bridgehead atoms. The quantitative estimate of drug-likeness (QED) is 0.557. The first-order chi connectivity index (χ1) is 3.27. The Kier molecular flexibility index (Phi) is 11.8. The van der Waals surface area contributed by atoms with E-state index >= 15 is 0 Å². The summed E-state index contributed by atoms with van der Waals surface area (Å²) in [6.45, 7) is 4.94. The largest absolute Gasteiger partial charge is 2.00 e. The van der Waals surface area contributed by atoms with Crippen LogP contribution in [0.5, 0.6) is 0 Å². The molecule has 0 unspecified atom stereocenters. The second-order valence-electron chi connectivity index (χ2n) is 2.00. The normalized spacial score (nSPS) is 9.00. The molecule has 0 spiro atoms. The van der Waals surface area contributed by atoms with Crippen molar-refractivity contribution in [2.45, 2.75) is 20.3 Å². The van der Waals surface area contributed by atoms with Gasteiger partial charge in [0.2, 0.25) is 0 Å². The fourth-order valence-electron chi connectivity index (χ4n) is 0.280. The van der Waals surface area contributed by atoms with Gasteiger partial charge in [0, 0.05) is 0 Å². The third-order valence-corrected chi connectivity index (χ3v) is 0.927. The fraction of sp³-hybridized carbons (Fsp3) is 1.00. The molecule has 0 saturated heterocycles. The van der Waals surface area contributed by atoms with Gasteiger partial charge in [-0.05, 0) is 12.3 Å². The molecule has 0 aromatic rings. The Bertz CT molecular complexity index is 48.6. The predicted octanol–water partition coefficient (Wildman–Crippen LogP) is 2.05. The van der Waals surface area contributed by atoms with Crippen LogP contribution in [0.25, 0.3) is 0 Å². The van der Waals surface area contributed by atoms with Crippen LogP contribution in [0.4, 0.5) is 0 Å². The Hall–Kier alpha value is 1.02. The average molecular weight is 149 g/mol. The van der Waals surface area contributed by atoms with Crippen molar-refractivity contribution >= 4 is 34.9 Å². The second-order valence-corrected chi connectivity index (χ2v) is 2.21. The molecule has 0 aromatic carbocycles. The first-order valence-electron chi connectivity index (χ1n) is 2.51. The number of hydrogen-bond donors (Lipinski definition) is 0. The van der Waals surface area contributed by atoms with Gasteiger partial charge in [0.25, 0.3) is 0 Å². The zero-order valence-corrected chi connectivity index (χ0v) is 7.66. The smallest absolute Gasteiger partial charge is 1.00 e. The van der Waals surface area contributed by atoms with E-state index in [0.717, 1.165) is 6.42 Å². The Labute approximate surface area is 75.0 Å². The molecule has 0 aliphatic rings. The molecule has 0 heterocycles. The second kappa shape index (κ2) is 8.02. The van der Waals surface area contributed by atoms with Crippen molar-refractivity contribution in [3.8, 4) is 0 Å². The first-order valence-corrected chi connectivity index (χ1v) is 2.81. The maximum absolute atomic E-state index is 4.95. The number of rotatable bonds is 3. The van der Waals surface area contributed by atoms with E-state index in [0.29, 0.717) is 12.5 Å². The van der Waals surface area contributed by atoms with Gasteiger partial charge in [-0.15, -0.1) is 0 Å². The molecule has 0 aromatic heterocycles. The summed E-state index contributed by atoms with van der Waals surface area (Å²) in [4.78, 5) is 0. The molecule has 0 atom stereocenters. The van der Waals surface area contributed by atoms with Crippen LogP contribution in [0.3, 0.4) is 0 Å². The molecule has 0 radical (unpaired) electrons. The standard InChI is InChI=1S/C5H11ClO.Mg.2H/c1-5(2)3-4-7-6;;;/h5H,3-4H2,1-2H3;;;/q;+2;2*-1. The molecule has 0 aliphatic heterocycles. The van der Waals surface area contributed by atoms with E-state index in [1.54, 1.807) is 0 Å². The molecular weight excluding hydrogens is 136 g/mol. The van der Waals surface area contributed by atoms with Crippen molar-refractivity contribution < 1.29 is 7.14 Å². The van der Waals surface area contributed by atoms with Gasteiger partial charge in [-0.2, -0.15) is 0 Å². The molecule has 8 heavy (non-hydrogen) atoms. The average Bonchev–Trinajstić information content (AvgIpc) is 1.61. The van der Waals surface area contributed by atoms with E-state index in [1.165, 1.54) is 0 Å². The minimum atomic E-state index is 0. The van der Waals surface area contributed by atoms with E-state index in [4.69, 9.17) is 11.9 Å². The SMILES string of the molecule is CC(C)CCOCl.[H-].[H-].[Mg+2]. The molecule has 0 rings (SSSR count). The molecule has 0 amide bonds. The third-order valence-electron chi connectivity index (χ3n) is 0.772. The van der Waals surface area contributed by atoms with Gasteiger partial charge in [-0.25, -0.2) is 0 Å². The molecule has 0 fully saturated rings. The van der Waals surface area contributed by atoms with E-state index < -0.39 is 0 Å². The Morgan fingerprint density at radius 2 is 2.12 bits per heavy atom. The van der Waals surface area contributed by atoms with Gasteiger partial charge in [-0.3, -0.25) is 4.29 Å². The Morgan fingerprint density at radius 1 is 1.62 bits per heavy atom. The van der Waals surface area contributed by atoms with Crippen molar-refractivity contribution in [2.75, 3.05) is 6.61 Å². The molecule has 0 N–H and O–H groups in total. The van der Waals surface area contributed by atoms with Crippen molar-refractivity contribution in [2.24, 2.45) is 5.92 Å². The Balaban J connectivity index is -0.0000000600. The van der Waals surface area contributed by atoms with Crippen LogP contribution in [0.2, 0.25) is 0 Å². The minimum absolute atomic E-state index is 0. The van der Waals surface area contributed by atoms with Crippen LogP contribution in [-0.4, -0.2) is 29.7 Å². The summed E-state index contributed by atoms with van der Waals surface area (Å²) >= 11 is 4.95. The van der Waals surface area contributed by atoms with Gasteiger partial charge in [0.05, 0.1) is 18.5 Å². The van der Waals surface area contributed by atoms with Crippen LogP contribution >= 0.6 is 11.9 Å². The zero-order chi connectivity index (χ0) is 5.70. The van der Waals surface area contributed by atoms with E-state index in [1.807, 2.05) is 0 Å². The van der Waals surface area contributed by atoms with Crippen LogP contribution in [-0.2, 0) is 4.29 Å². The number of hydrogen-bond acceptors (Lipinski definition) is 1. The van der Waals surface area contributed by atoms with Crippen molar-refractivity contribution in [1.29, 1.82) is 0 Å². The predicted molar refractivity (Wildman–Crippen MR) is 39.2 cm³/mol. The molecule has 0 aliphatic carbocycles. The van der Waals surface area contributed by atoms with Gasteiger partial charge in [0.15, 0.2) is 0 Å². The first kappa shape index (κ1) is 11.8. The summed E-state index contributed by atoms with van der Waals surface area (Å²) in [5.41, 5.74) is 0. The summed E-state index contributed by atoms with van der Waals surface area (Å²) in [5, 5.41) is 0. The van der Waals surface area contributed by atoms with Crippen LogP contribution in [0, 0.1) is 5.92 Å². The maximum atomic E-state index is 4.95. The van der Waals surface area contributed by atoms with Crippen molar-refractivity contribution in [3.63, 3.8) is 0 Å². The van der Waals surface area contributed by atoms with Gasteiger partial charge >= 0.3 is 23.1 Å². The van der Waals surface area contributed by atoms with Gasteiger partial charge < -0.3 is 2.85 Å². The van der Waals surface area contributed by atoms with Crippen LogP contribution in [0.15, 0.2) is 0 Å². The minimum Gasteiger partial charge on any atom is -1.00 e. The summed E-state index contributed by atoms with van der Waals surface area (Å²) in [7, 11) is 0. The fourth-order valence-corrected chi connectivity index (χ4v) is 0.369. The maximum Gasteiger partial charge on any atom is 2.00 e. The summed E-state index contributed by atoms with van der Waals surface area (Å²) in [6.07, 6.45) is 1.05. The summed E-state index contributed by atoms with van der Waals surface area (Å²) in [6, 6.07) is 0. The van der Waals surface area contributed by atoms with Gasteiger partial charge in [0.1, 0.15) is 0 Å². The molecule has 1 nitrogen and oxygen atoms in total. The topological polar surface area (TPSA) is 9.23 Å². The molecule has 0 saturated carbocycles. The monoisotopic (exact) mass is 148 g/mol. The van der Waals surface area contributed by atoms with E-state index in [-0.39, 0.29) is 25.9 Å². The van der Waals surface area contributed by atoms with Gasteiger partial charge in [-0.1, -0.05) is 13.8 Å². The molecular formula is C5H13ClMgO. The third kappa shape index (κ3) is 10.1. The number of halogens is 1. The van der Waals surface area contributed by atoms with Crippen LogP contribution in [0.1, 0.15) is 23.1 Å². The van der Waals surface area contributed by atoms with Crippen molar-refractivity contribution in [3.05, 3.63) is 0 Å². The van der Waals surface area contributed by atoms with E-state index in [2.05, 4.69) is 18.1 Å². The van der Waals surface area contributed by atoms with Crippen molar-refractivity contribution in [1.82, 2.24) is 0 Å². The Morgan fingerprint density at radius 3 is 2.25 bits per heavy atom. The van der Waals surface area contributed by atoms with Crippen LogP contribution < -0.4 is 0 Å². The van der Waals surface area contributed by atoms with E-state index in [9.17, 15) is 0 Å². The molecule has 3 heteroatoms.